The molecule has 0 amide bonds. The number of rotatable bonds is 9. The number of benzene rings is 1. The average molecular weight is 355 g/mol. The first-order valence-electron chi connectivity index (χ1n) is 8.73. The van der Waals surface area contributed by atoms with Crippen LogP contribution < -0.4 is 10.6 Å². The summed E-state index contributed by atoms with van der Waals surface area (Å²) in [6.07, 6.45) is 2.34. The van der Waals surface area contributed by atoms with Gasteiger partial charge in [0, 0.05) is 39.3 Å². The van der Waals surface area contributed by atoms with Gasteiger partial charge in [-0.2, -0.15) is 0 Å². The fourth-order valence-electron chi connectivity index (χ4n) is 2.62. The van der Waals surface area contributed by atoms with Crippen LogP contribution in [0, 0.1) is 17.6 Å². The van der Waals surface area contributed by atoms with Crippen LogP contribution in [-0.4, -0.2) is 52.5 Å². The summed E-state index contributed by atoms with van der Waals surface area (Å²) in [4.78, 5) is 4.11. The number of nitrogens with zero attached hydrogens (tertiary/aromatic N) is 1. The third kappa shape index (κ3) is 6.96. The second-order valence-electron chi connectivity index (χ2n) is 6.05. The molecule has 25 heavy (non-hydrogen) atoms. The van der Waals surface area contributed by atoms with Gasteiger partial charge in [-0.25, -0.2) is 8.78 Å². The van der Waals surface area contributed by atoms with Crippen molar-refractivity contribution >= 4 is 5.96 Å². The van der Waals surface area contributed by atoms with Gasteiger partial charge in [-0.05, 0) is 30.9 Å². The van der Waals surface area contributed by atoms with Crippen molar-refractivity contribution < 1.29 is 18.3 Å². The number of hydrogen-bond acceptors (Lipinski definition) is 3. The first-order chi connectivity index (χ1) is 12.2. The molecule has 7 heteroatoms. The molecule has 1 saturated heterocycles. The Balaban J connectivity index is 1.55. The Morgan fingerprint density at radius 3 is 2.92 bits per heavy atom. The molecule has 1 unspecified atom stereocenters. The summed E-state index contributed by atoms with van der Waals surface area (Å²) >= 11 is 0. The van der Waals surface area contributed by atoms with Crippen LogP contribution in [0.5, 0.6) is 0 Å². The molecule has 1 aromatic carbocycles. The Bertz CT molecular complexity index is 549. The van der Waals surface area contributed by atoms with Crippen molar-refractivity contribution in [3.63, 3.8) is 0 Å². The number of guanidine groups is 1. The van der Waals surface area contributed by atoms with E-state index in [1.807, 2.05) is 0 Å². The van der Waals surface area contributed by atoms with Gasteiger partial charge in [0.2, 0.25) is 0 Å². The molecular formula is C18H27F2N3O2. The highest BCUT2D eigenvalue weighted by atomic mass is 19.2. The molecule has 0 radical (unpaired) electrons. The second kappa shape index (κ2) is 11.0. The summed E-state index contributed by atoms with van der Waals surface area (Å²) in [6.45, 7) is 4.30. The Kier molecular flexibility index (Phi) is 8.62. The highest BCUT2D eigenvalue weighted by Gasteiger charge is 2.15. The molecule has 2 N–H and O–H groups in total. The Morgan fingerprint density at radius 1 is 1.32 bits per heavy atom. The minimum absolute atomic E-state index is 0.354. The van der Waals surface area contributed by atoms with E-state index in [2.05, 4.69) is 15.6 Å². The maximum absolute atomic E-state index is 13.6. The van der Waals surface area contributed by atoms with E-state index in [0.29, 0.717) is 37.0 Å². The van der Waals surface area contributed by atoms with Crippen LogP contribution in [0.1, 0.15) is 18.4 Å². The minimum Gasteiger partial charge on any atom is -0.381 e. The van der Waals surface area contributed by atoms with Crippen LogP contribution in [0.3, 0.4) is 0 Å². The predicted molar refractivity (Wildman–Crippen MR) is 93.8 cm³/mol. The molecule has 1 heterocycles. The molecular weight excluding hydrogens is 328 g/mol. The maximum Gasteiger partial charge on any atom is 0.190 e. The van der Waals surface area contributed by atoms with E-state index in [0.717, 1.165) is 45.3 Å². The molecule has 2 rings (SSSR count). The van der Waals surface area contributed by atoms with Crippen molar-refractivity contribution in [3.8, 4) is 0 Å². The lowest BCUT2D eigenvalue weighted by atomic mass is 10.1. The molecule has 1 aliphatic heterocycles. The lowest BCUT2D eigenvalue weighted by molar-refractivity contribution is 0.0888. The average Bonchev–Trinajstić information content (AvgIpc) is 3.13. The Morgan fingerprint density at radius 2 is 2.16 bits per heavy atom. The highest BCUT2D eigenvalue weighted by molar-refractivity contribution is 5.79. The first-order valence-corrected chi connectivity index (χ1v) is 8.73. The Labute approximate surface area is 147 Å². The zero-order valence-corrected chi connectivity index (χ0v) is 14.7. The number of aliphatic imine (C=N–C) groups is 1. The standard InChI is InChI=1S/C18H27F2N3O2/c1-21-18(22-8-3-10-24-12-14-7-11-25-13-14)23-9-6-15-4-2-5-16(19)17(15)20/h2,4-5,14H,3,6-13H2,1H3,(H2,21,22,23). The monoisotopic (exact) mass is 355 g/mol. The van der Waals surface area contributed by atoms with Crippen LogP contribution in [0.15, 0.2) is 23.2 Å². The van der Waals surface area contributed by atoms with Gasteiger partial charge >= 0.3 is 0 Å². The molecule has 0 spiro atoms. The van der Waals surface area contributed by atoms with Crippen molar-refractivity contribution in [1.29, 1.82) is 0 Å². The highest BCUT2D eigenvalue weighted by Crippen LogP contribution is 2.12. The fraction of sp³-hybridized carbons (Fsp3) is 0.611. The van der Waals surface area contributed by atoms with Crippen LogP contribution in [0.4, 0.5) is 8.78 Å². The van der Waals surface area contributed by atoms with E-state index < -0.39 is 11.6 Å². The molecule has 1 aliphatic rings. The molecule has 5 nitrogen and oxygen atoms in total. The topological polar surface area (TPSA) is 54.9 Å². The van der Waals surface area contributed by atoms with Gasteiger partial charge < -0.3 is 20.1 Å². The summed E-state index contributed by atoms with van der Waals surface area (Å²) in [5.74, 6) is -0.423. The van der Waals surface area contributed by atoms with Crippen LogP contribution in [0.25, 0.3) is 0 Å². The van der Waals surface area contributed by atoms with Crippen molar-refractivity contribution in [2.24, 2.45) is 10.9 Å². The van der Waals surface area contributed by atoms with Crippen molar-refractivity contribution in [1.82, 2.24) is 10.6 Å². The quantitative estimate of drug-likeness (QED) is 0.405. The molecule has 1 atom stereocenters. The summed E-state index contributed by atoms with van der Waals surface area (Å²) in [5.41, 5.74) is 0.354. The van der Waals surface area contributed by atoms with Crippen LogP contribution in [-0.2, 0) is 15.9 Å². The zero-order valence-electron chi connectivity index (χ0n) is 14.7. The van der Waals surface area contributed by atoms with E-state index >= 15 is 0 Å². The third-order valence-corrected chi connectivity index (χ3v) is 4.08. The third-order valence-electron chi connectivity index (χ3n) is 4.08. The summed E-state index contributed by atoms with van der Waals surface area (Å²) < 4.78 is 37.7. The van der Waals surface area contributed by atoms with Crippen molar-refractivity contribution in [2.75, 3.05) is 46.6 Å². The molecule has 1 fully saturated rings. The molecule has 0 aliphatic carbocycles. The molecule has 140 valence electrons. The number of hydrogen-bond donors (Lipinski definition) is 2. The summed E-state index contributed by atoms with van der Waals surface area (Å²) in [7, 11) is 1.68. The lowest BCUT2D eigenvalue weighted by Gasteiger charge is -2.13. The van der Waals surface area contributed by atoms with Gasteiger partial charge in [0.15, 0.2) is 17.6 Å². The van der Waals surface area contributed by atoms with E-state index in [4.69, 9.17) is 9.47 Å². The zero-order chi connectivity index (χ0) is 17.9. The van der Waals surface area contributed by atoms with Crippen molar-refractivity contribution in [3.05, 3.63) is 35.4 Å². The van der Waals surface area contributed by atoms with Crippen molar-refractivity contribution in [2.45, 2.75) is 19.3 Å². The Hall–Kier alpha value is -1.73. The van der Waals surface area contributed by atoms with E-state index in [-0.39, 0.29) is 0 Å². The fourth-order valence-corrected chi connectivity index (χ4v) is 2.62. The van der Waals surface area contributed by atoms with Crippen LogP contribution in [0.2, 0.25) is 0 Å². The number of ether oxygens (including phenoxy) is 2. The molecule has 0 saturated carbocycles. The molecule has 0 bridgehead atoms. The first kappa shape index (κ1) is 19.6. The number of halogens is 2. The van der Waals surface area contributed by atoms with Gasteiger partial charge in [-0.3, -0.25) is 4.99 Å². The van der Waals surface area contributed by atoms with E-state index in [1.54, 1.807) is 13.1 Å². The molecule has 1 aromatic rings. The lowest BCUT2D eigenvalue weighted by Crippen LogP contribution is -2.39. The minimum atomic E-state index is -0.816. The smallest absolute Gasteiger partial charge is 0.190 e. The van der Waals surface area contributed by atoms with Gasteiger partial charge in [-0.15, -0.1) is 0 Å². The number of nitrogens with one attached hydrogen (secondary N) is 2. The largest absolute Gasteiger partial charge is 0.381 e. The van der Waals surface area contributed by atoms with Crippen LogP contribution >= 0.6 is 0 Å². The van der Waals surface area contributed by atoms with E-state index in [1.165, 1.54) is 6.07 Å². The molecule has 0 aromatic heterocycles. The predicted octanol–water partition coefficient (Wildman–Crippen LogP) is 2.12. The van der Waals surface area contributed by atoms with Gasteiger partial charge in [0.05, 0.1) is 13.2 Å². The van der Waals surface area contributed by atoms with Gasteiger partial charge in [0.1, 0.15) is 0 Å². The maximum atomic E-state index is 13.6. The second-order valence-corrected chi connectivity index (χ2v) is 6.05. The summed E-state index contributed by atoms with van der Waals surface area (Å²) in [5, 5.41) is 6.27. The normalized spacial score (nSPS) is 17.7. The SMILES string of the molecule is CN=C(NCCCOCC1CCOC1)NCCc1cccc(F)c1F. The summed E-state index contributed by atoms with van der Waals surface area (Å²) in [6, 6.07) is 4.22. The van der Waals surface area contributed by atoms with Gasteiger partial charge in [-0.1, -0.05) is 12.1 Å². The van der Waals surface area contributed by atoms with E-state index in [9.17, 15) is 8.78 Å². The van der Waals surface area contributed by atoms with Gasteiger partial charge in [0.25, 0.3) is 0 Å².